The molecule has 0 saturated carbocycles. The average Bonchev–Trinajstić information content (AvgIpc) is 2.71. The van der Waals surface area contributed by atoms with E-state index in [0.717, 1.165) is 29.5 Å². The van der Waals surface area contributed by atoms with Crippen molar-refractivity contribution in [3.8, 4) is 0 Å². The zero-order valence-electron chi connectivity index (χ0n) is 16.0. The van der Waals surface area contributed by atoms with Gasteiger partial charge in [0.15, 0.2) is 10.9 Å². The Labute approximate surface area is 163 Å². The molecule has 1 aromatic heterocycles. The molecule has 1 heterocycles. The van der Waals surface area contributed by atoms with Gasteiger partial charge in [-0.15, -0.1) is 0 Å². The van der Waals surface area contributed by atoms with Crippen molar-refractivity contribution in [1.82, 2.24) is 9.55 Å². The molecule has 2 aromatic carbocycles. The van der Waals surface area contributed by atoms with E-state index in [0.29, 0.717) is 22.6 Å². The topological polar surface area (TPSA) is 52.0 Å². The Balaban J connectivity index is 1.91. The van der Waals surface area contributed by atoms with Gasteiger partial charge in [-0.05, 0) is 49.1 Å². The Morgan fingerprint density at radius 3 is 2.56 bits per heavy atom. The average molecular weight is 381 g/mol. The number of fused-ring (bicyclic) bond motifs is 1. The number of benzene rings is 2. The van der Waals surface area contributed by atoms with Crippen molar-refractivity contribution >= 4 is 28.4 Å². The predicted octanol–water partition coefficient (Wildman–Crippen LogP) is 4.52. The minimum atomic E-state index is -0.0553. The molecule has 0 aliphatic rings. The molecule has 0 bridgehead atoms. The maximum absolute atomic E-state index is 12.9. The zero-order chi connectivity index (χ0) is 19.4. The largest absolute Gasteiger partial charge is 0.293 e. The fraction of sp³-hybridized carbons (Fsp3) is 0.318. The Morgan fingerprint density at radius 1 is 1.07 bits per heavy atom. The number of rotatable bonds is 7. The standard InChI is InChI=1S/C22H24N2O2S/c1-4-15-11-12-16(5-2)18(13-15)20(25)14-27-22-23-19-10-8-7-9-17(19)21(26)24(22)6-3/h7-13H,4-6,14H2,1-3H3. The number of aromatic nitrogens is 2. The van der Waals surface area contributed by atoms with E-state index in [1.54, 1.807) is 10.6 Å². The summed E-state index contributed by atoms with van der Waals surface area (Å²) in [5, 5.41) is 1.21. The van der Waals surface area contributed by atoms with Crippen molar-refractivity contribution < 1.29 is 4.79 Å². The molecule has 0 fully saturated rings. The number of aryl methyl sites for hydroxylation is 2. The molecule has 27 heavy (non-hydrogen) atoms. The van der Waals surface area contributed by atoms with Crippen LogP contribution in [0.25, 0.3) is 10.9 Å². The second kappa shape index (κ2) is 8.53. The number of carbonyl (C=O) groups is 1. The molecule has 0 amide bonds. The van der Waals surface area contributed by atoms with Crippen LogP contribution >= 0.6 is 11.8 Å². The van der Waals surface area contributed by atoms with Crippen LogP contribution in [0.2, 0.25) is 0 Å². The number of thioether (sulfide) groups is 1. The first-order chi connectivity index (χ1) is 13.1. The minimum absolute atomic E-state index is 0.0553. The molecule has 4 nitrogen and oxygen atoms in total. The van der Waals surface area contributed by atoms with Crippen molar-refractivity contribution in [3.63, 3.8) is 0 Å². The van der Waals surface area contributed by atoms with E-state index in [9.17, 15) is 9.59 Å². The van der Waals surface area contributed by atoms with Gasteiger partial charge in [0, 0.05) is 12.1 Å². The highest BCUT2D eigenvalue weighted by Gasteiger charge is 2.15. The van der Waals surface area contributed by atoms with Crippen LogP contribution < -0.4 is 5.56 Å². The number of carbonyl (C=O) groups excluding carboxylic acids is 1. The van der Waals surface area contributed by atoms with Gasteiger partial charge in [0.2, 0.25) is 0 Å². The van der Waals surface area contributed by atoms with E-state index < -0.39 is 0 Å². The number of Topliss-reactive ketones (excluding diaryl/α,β-unsaturated/α-hetero) is 1. The second-order valence-electron chi connectivity index (χ2n) is 6.37. The van der Waals surface area contributed by atoms with Gasteiger partial charge in [-0.25, -0.2) is 4.98 Å². The highest BCUT2D eigenvalue weighted by Crippen LogP contribution is 2.21. The molecule has 0 spiro atoms. The van der Waals surface area contributed by atoms with Crippen LogP contribution in [-0.2, 0) is 19.4 Å². The molecule has 140 valence electrons. The summed E-state index contributed by atoms with van der Waals surface area (Å²) in [4.78, 5) is 30.2. The van der Waals surface area contributed by atoms with Gasteiger partial charge in [-0.2, -0.15) is 0 Å². The monoisotopic (exact) mass is 380 g/mol. The summed E-state index contributed by atoms with van der Waals surface area (Å²) in [6.45, 7) is 6.59. The van der Waals surface area contributed by atoms with Crippen LogP contribution in [0.15, 0.2) is 52.4 Å². The van der Waals surface area contributed by atoms with E-state index in [2.05, 4.69) is 24.9 Å². The SMILES string of the molecule is CCc1ccc(CC)c(C(=O)CSc2nc3ccccc3c(=O)n2CC)c1. The van der Waals surface area contributed by atoms with Gasteiger partial charge in [0.25, 0.3) is 5.56 Å². The molecule has 0 N–H and O–H groups in total. The molecular formula is C22H24N2O2S. The summed E-state index contributed by atoms with van der Waals surface area (Å²) < 4.78 is 1.64. The Bertz CT molecular complexity index is 1040. The molecule has 0 aliphatic heterocycles. The van der Waals surface area contributed by atoms with Crippen LogP contribution in [0.1, 0.15) is 42.3 Å². The third kappa shape index (κ3) is 3.98. The molecule has 5 heteroatoms. The van der Waals surface area contributed by atoms with Crippen molar-refractivity contribution in [1.29, 1.82) is 0 Å². The second-order valence-corrected chi connectivity index (χ2v) is 7.31. The number of ketones is 1. The van der Waals surface area contributed by atoms with Crippen molar-refractivity contribution in [2.75, 3.05) is 5.75 Å². The smallest absolute Gasteiger partial charge is 0.262 e. The first-order valence-corrected chi connectivity index (χ1v) is 10.3. The van der Waals surface area contributed by atoms with Crippen LogP contribution in [-0.4, -0.2) is 21.1 Å². The maximum atomic E-state index is 12.9. The molecule has 0 saturated heterocycles. The zero-order valence-corrected chi connectivity index (χ0v) is 16.8. The van der Waals surface area contributed by atoms with E-state index in [4.69, 9.17) is 0 Å². The maximum Gasteiger partial charge on any atom is 0.262 e. The first kappa shape index (κ1) is 19.4. The lowest BCUT2D eigenvalue weighted by atomic mass is 9.98. The van der Waals surface area contributed by atoms with Gasteiger partial charge in [-0.3, -0.25) is 14.2 Å². The molecule has 0 atom stereocenters. The summed E-state index contributed by atoms with van der Waals surface area (Å²) in [5.41, 5.74) is 3.63. The number of hydrogen-bond donors (Lipinski definition) is 0. The normalized spacial score (nSPS) is 11.1. The van der Waals surface area contributed by atoms with E-state index in [1.165, 1.54) is 11.8 Å². The van der Waals surface area contributed by atoms with E-state index >= 15 is 0 Å². The fourth-order valence-corrected chi connectivity index (χ4v) is 4.10. The molecule has 0 aliphatic carbocycles. The van der Waals surface area contributed by atoms with E-state index in [-0.39, 0.29) is 17.1 Å². The first-order valence-electron chi connectivity index (χ1n) is 9.36. The lowest BCUT2D eigenvalue weighted by molar-refractivity contribution is 0.102. The highest BCUT2D eigenvalue weighted by molar-refractivity contribution is 7.99. The summed E-state index contributed by atoms with van der Waals surface area (Å²) in [6.07, 6.45) is 1.72. The molecule has 3 rings (SSSR count). The Morgan fingerprint density at radius 2 is 1.85 bits per heavy atom. The molecule has 3 aromatic rings. The van der Waals surface area contributed by atoms with Crippen LogP contribution in [0.4, 0.5) is 0 Å². The van der Waals surface area contributed by atoms with Gasteiger partial charge >= 0.3 is 0 Å². The summed E-state index contributed by atoms with van der Waals surface area (Å²) in [6, 6.07) is 13.5. The summed E-state index contributed by atoms with van der Waals surface area (Å²) >= 11 is 1.34. The fourth-order valence-electron chi connectivity index (χ4n) is 3.16. The summed E-state index contributed by atoms with van der Waals surface area (Å²) in [5.74, 6) is 0.350. The third-order valence-electron chi connectivity index (χ3n) is 4.74. The number of nitrogens with zero attached hydrogens (tertiary/aromatic N) is 2. The Kier molecular flexibility index (Phi) is 6.11. The van der Waals surface area contributed by atoms with E-state index in [1.807, 2.05) is 37.3 Å². The summed E-state index contributed by atoms with van der Waals surface area (Å²) in [7, 11) is 0. The number of para-hydroxylation sites is 1. The van der Waals surface area contributed by atoms with Crippen molar-refractivity contribution in [2.45, 2.75) is 45.3 Å². The Hall–Kier alpha value is -2.40. The van der Waals surface area contributed by atoms with Gasteiger partial charge in [-0.1, -0.05) is 49.9 Å². The highest BCUT2D eigenvalue weighted by atomic mass is 32.2. The van der Waals surface area contributed by atoms with Gasteiger partial charge in [0.05, 0.1) is 16.7 Å². The third-order valence-corrected chi connectivity index (χ3v) is 5.72. The minimum Gasteiger partial charge on any atom is -0.293 e. The number of hydrogen-bond acceptors (Lipinski definition) is 4. The molecule has 0 radical (unpaired) electrons. The van der Waals surface area contributed by atoms with Crippen LogP contribution in [0, 0.1) is 0 Å². The van der Waals surface area contributed by atoms with Gasteiger partial charge < -0.3 is 0 Å². The molecule has 0 unspecified atom stereocenters. The lowest BCUT2D eigenvalue weighted by Crippen LogP contribution is -2.23. The quantitative estimate of drug-likeness (QED) is 0.344. The van der Waals surface area contributed by atoms with Crippen LogP contribution in [0.5, 0.6) is 0 Å². The lowest BCUT2D eigenvalue weighted by Gasteiger charge is -2.12. The van der Waals surface area contributed by atoms with Crippen molar-refractivity contribution in [2.24, 2.45) is 0 Å². The van der Waals surface area contributed by atoms with Gasteiger partial charge in [0.1, 0.15) is 0 Å². The van der Waals surface area contributed by atoms with Crippen LogP contribution in [0.3, 0.4) is 0 Å². The molecular weight excluding hydrogens is 356 g/mol. The van der Waals surface area contributed by atoms with Crippen molar-refractivity contribution in [3.05, 3.63) is 69.5 Å². The predicted molar refractivity (Wildman–Crippen MR) is 112 cm³/mol.